The summed E-state index contributed by atoms with van der Waals surface area (Å²) in [5, 5.41) is 13.6. The molecule has 1 amide bonds. The van der Waals surface area contributed by atoms with Crippen molar-refractivity contribution >= 4 is 39.1 Å². The van der Waals surface area contributed by atoms with Crippen molar-refractivity contribution in [2.45, 2.75) is 32.7 Å². The first-order chi connectivity index (χ1) is 14.7. The van der Waals surface area contributed by atoms with E-state index in [2.05, 4.69) is 10.3 Å². The minimum atomic E-state index is -1.21. The zero-order valence-electron chi connectivity index (χ0n) is 17.8. The zero-order valence-corrected chi connectivity index (χ0v) is 18.6. The van der Waals surface area contributed by atoms with E-state index in [0.717, 1.165) is 11.3 Å². The first-order valence-electron chi connectivity index (χ1n) is 9.49. The fraction of sp³-hybridized carbons (Fsp3) is 0.333. The number of rotatable bonds is 7. The van der Waals surface area contributed by atoms with Crippen LogP contribution in [0.15, 0.2) is 28.4 Å². The van der Waals surface area contributed by atoms with E-state index in [4.69, 9.17) is 9.47 Å². The lowest BCUT2D eigenvalue weighted by Crippen LogP contribution is -2.35. The third-order valence-corrected chi connectivity index (χ3v) is 5.70. The lowest BCUT2D eigenvalue weighted by molar-refractivity contribution is -0.118. The molecule has 0 aliphatic rings. The number of carboxylic acid groups (broad SMARTS) is 1. The van der Waals surface area contributed by atoms with E-state index in [0.29, 0.717) is 27.8 Å². The van der Waals surface area contributed by atoms with Crippen LogP contribution < -0.4 is 20.3 Å². The quantitative estimate of drug-likeness (QED) is 0.571. The fourth-order valence-corrected chi connectivity index (χ4v) is 4.15. The summed E-state index contributed by atoms with van der Waals surface area (Å²) >= 11 is 1.10. The molecule has 0 bridgehead atoms. The van der Waals surface area contributed by atoms with Gasteiger partial charge in [0.2, 0.25) is 5.91 Å². The predicted octanol–water partition coefficient (Wildman–Crippen LogP) is 3.50. The second-order valence-electron chi connectivity index (χ2n) is 7.17. The standard InChI is InChI=1S/C21H23N3O6S/c1-10(2)17-23-19-16(13(9-31-19)21(27)28)20(26)24(17)11(3)18(25)22-12-6-7-14(29-4)15(8-12)30-5/h6-11H,1-5H3,(H,22,25)(H,27,28). The number of ether oxygens (including phenoxy) is 2. The monoisotopic (exact) mass is 445 g/mol. The minimum Gasteiger partial charge on any atom is -0.493 e. The molecule has 31 heavy (non-hydrogen) atoms. The molecule has 3 rings (SSSR count). The van der Waals surface area contributed by atoms with Crippen LogP contribution in [0.3, 0.4) is 0 Å². The number of carbonyl (C=O) groups is 2. The number of anilines is 1. The Morgan fingerprint density at radius 3 is 2.42 bits per heavy atom. The van der Waals surface area contributed by atoms with Gasteiger partial charge in [0.25, 0.3) is 5.56 Å². The van der Waals surface area contributed by atoms with Gasteiger partial charge in [-0.25, -0.2) is 9.78 Å². The van der Waals surface area contributed by atoms with Gasteiger partial charge in [-0.3, -0.25) is 14.2 Å². The van der Waals surface area contributed by atoms with Crippen LogP contribution in [0.4, 0.5) is 5.69 Å². The van der Waals surface area contributed by atoms with Crippen LogP contribution in [0, 0.1) is 0 Å². The van der Waals surface area contributed by atoms with Crippen molar-refractivity contribution in [3.8, 4) is 11.5 Å². The number of carboxylic acids is 1. The lowest BCUT2D eigenvalue weighted by Gasteiger charge is -2.21. The second-order valence-corrected chi connectivity index (χ2v) is 8.03. The van der Waals surface area contributed by atoms with Gasteiger partial charge in [-0.1, -0.05) is 13.8 Å². The van der Waals surface area contributed by atoms with Gasteiger partial charge in [-0.15, -0.1) is 11.3 Å². The molecular weight excluding hydrogens is 422 g/mol. The van der Waals surface area contributed by atoms with Crippen molar-refractivity contribution in [1.29, 1.82) is 0 Å². The topological polar surface area (TPSA) is 120 Å². The Labute approximate surface area is 182 Å². The summed E-state index contributed by atoms with van der Waals surface area (Å²) in [6.45, 7) is 5.28. The molecule has 164 valence electrons. The van der Waals surface area contributed by atoms with Crippen LogP contribution in [0.1, 0.15) is 48.9 Å². The van der Waals surface area contributed by atoms with E-state index >= 15 is 0 Å². The van der Waals surface area contributed by atoms with Gasteiger partial charge >= 0.3 is 5.97 Å². The number of aromatic nitrogens is 2. The third-order valence-electron chi connectivity index (χ3n) is 4.83. The van der Waals surface area contributed by atoms with E-state index in [1.54, 1.807) is 25.1 Å². The first-order valence-corrected chi connectivity index (χ1v) is 10.4. The average Bonchev–Trinajstić information content (AvgIpc) is 3.17. The number of thiophene rings is 1. The largest absolute Gasteiger partial charge is 0.493 e. The van der Waals surface area contributed by atoms with Gasteiger partial charge in [0.1, 0.15) is 16.7 Å². The second kappa shape index (κ2) is 8.76. The maximum atomic E-state index is 13.3. The molecule has 0 saturated carbocycles. The van der Waals surface area contributed by atoms with Crippen molar-refractivity contribution in [3.63, 3.8) is 0 Å². The highest BCUT2D eigenvalue weighted by Crippen LogP contribution is 2.30. The van der Waals surface area contributed by atoms with Gasteiger partial charge in [0, 0.05) is 23.1 Å². The number of aromatic carboxylic acids is 1. The van der Waals surface area contributed by atoms with Crippen LogP contribution in [0.2, 0.25) is 0 Å². The average molecular weight is 445 g/mol. The van der Waals surface area contributed by atoms with E-state index in [-0.39, 0.29) is 16.9 Å². The maximum Gasteiger partial charge on any atom is 0.337 e. The highest BCUT2D eigenvalue weighted by molar-refractivity contribution is 7.17. The maximum absolute atomic E-state index is 13.3. The molecule has 3 aromatic rings. The molecule has 1 unspecified atom stereocenters. The number of nitrogens with zero attached hydrogens (tertiary/aromatic N) is 2. The lowest BCUT2D eigenvalue weighted by atomic mass is 10.1. The summed E-state index contributed by atoms with van der Waals surface area (Å²) in [5.41, 5.74) is -0.208. The Balaban J connectivity index is 2.05. The number of benzene rings is 1. The minimum absolute atomic E-state index is 0.00710. The molecule has 0 fully saturated rings. The molecule has 1 atom stereocenters. The molecule has 0 spiro atoms. The number of amides is 1. The Hall–Kier alpha value is -3.40. The van der Waals surface area contributed by atoms with E-state index in [1.807, 2.05) is 13.8 Å². The molecule has 2 N–H and O–H groups in total. The molecule has 1 aromatic carbocycles. The highest BCUT2D eigenvalue weighted by Gasteiger charge is 2.26. The summed E-state index contributed by atoms with van der Waals surface area (Å²) < 4.78 is 11.7. The molecule has 0 aliphatic carbocycles. The first kappa shape index (κ1) is 22.3. The van der Waals surface area contributed by atoms with E-state index < -0.39 is 23.5 Å². The van der Waals surface area contributed by atoms with E-state index in [1.165, 1.54) is 24.2 Å². The van der Waals surface area contributed by atoms with Gasteiger partial charge < -0.3 is 19.9 Å². The Kier molecular flexibility index (Phi) is 6.30. The van der Waals surface area contributed by atoms with Gasteiger partial charge in [-0.2, -0.15) is 0 Å². The third kappa shape index (κ3) is 4.11. The highest BCUT2D eigenvalue weighted by atomic mass is 32.1. The summed E-state index contributed by atoms with van der Waals surface area (Å²) in [5.74, 6) is -0.461. The number of hydrogen-bond acceptors (Lipinski definition) is 7. The Morgan fingerprint density at radius 1 is 1.16 bits per heavy atom. The molecule has 2 aromatic heterocycles. The number of hydrogen-bond donors (Lipinski definition) is 2. The summed E-state index contributed by atoms with van der Waals surface area (Å²) in [6.07, 6.45) is 0. The fourth-order valence-electron chi connectivity index (χ4n) is 3.24. The van der Waals surface area contributed by atoms with Crippen molar-refractivity contribution < 1.29 is 24.2 Å². The molecule has 0 radical (unpaired) electrons. The number of fused-ring (bicyclic) bond motifs is 1. The number of carbonyl (C=O) groups excluding carboxylic acids is 1. The van der Waals surface area contributed by atoms with Crippen molar-refractivity contribution in [3.05, 3.63) is 45.3 Å². The molecule has 10 heteroatoms. The van der Waals surface area contributed by atoms with Crippen LogP contribution in [0.25, 0.3) is 10.2 Å². The van der Waals surface area contributed by atoms with Crippen molar-refractivity contribution in [1.82, 2.24) is 9.55 Å². The summed E-state index contributed by atoms with van der Waals surface area (Å²) in [7, 11) is 3.00. The summed E-state index contributed by atoms with van der Waals surface area (Å²) in [4.78, 5) is 42.7. The van der Waals surface area contributed by atoms with E-state index in [9.17, 15) is 19.5 Å². The molecular formula is C21H23N3O6S. The van der Waals surface area contributed by atoms with Gasteiger partial charge in [-0.05, 0) is 19.1 Å². The smallest absolute Gasteiger partial charge is 0.337 e. The zero-order chi connectivity index (χ0) is 22.9. The van der Waals surface area contributed by atoms with Crippen molar-refractivity contribution in [2.24, 2.45) is 0 Å². The molecule has 0 saturated heterocycles. The van der Waals surface area contributed by atoms with Crippen LogP contribution in [0.5, 0.6) is 11.5 Å². The number of nitrogens with one attached hydrogen (secondary N) is 1. The summed E-state index contributed by atoms with van der Waals surface area (Å²) in [6, 6.07) is 3.99. The van der Waals surface area contributed by atoms with Crippen LogP contribution >= 0.6 is 11.3 Å². The van der Waals surface area contributed by atoms with Gasteiger partial charge in [0.15, 0.2) is 11.5 Å². The van der Waals surface area contributed by atoms with Crippen LogP contribution in [-0.4, -0.2) is 40.8 Å². The number of methoxy groups -OCH3 is 2. The SMILES string of the molecule is COc1ccc(NC(=O)C(C)n2c(C(C)C)nc3scc(C(=O)O)c3c2=O)cc1OC. The van der Waals surface area contributed by atoms with Crippen molar-refractivity contribution in [2.75, 3.05) is 19.5 Å². The van der Waals surface area contributed by atoms with Crippen LogP contribution in [-0.2, 0) is 4.79 Å². The molecule has 0 aliphatic heterocycles. The molecule has 9 nitrogen and oxygen atoms in total. The van der Waals surface area contributed by atoms with Gasteiger partial charge in [0.05, 0.1) is 25.2 Å². The molecule has 2 heterocycles. The Bertz CT molecular complexity index is 1210. The normalized spacial score (nSPS) is 12.1. The Morgan fingerprint density at radius 2 is 1.84 bits per heavy atom. The predicted molar refractivity (Wildman–Crippen MR) is 118 cm³/mol.